The summed E-state index contributed by atoms with van der Waals surface area (Å²) < 4.78 is 4.85. The Labute approximate surface area is 162 Å². The molecule has 4 rings (SSSR count). The highest BCUT2D eigenvalue weighted by atomic mass is 16.6. The molecule has 136 valence electrons. The molecule has 2 aromatic carbocycles. The Hall–Kier alpha value is -3.55. The molecule has 0 saturated heterocycles. The first kappa shape index (κ1) is 17.8. The highest BCUT2D eigenvalue weighted by Crippen LogP contribution is 2.29. The van der Waals surface area contributed by atoms with E-state index in [4.69, 9.17) is 19.7 Å². The molecule has 0 fully saturated rings. The SMILES string of the molecule is OB(O)Oc1ccnc(-c2cc(-c3ccccc3)nc(-c3ccccc3)c2)n1. The van der Waals surface area contributed by atoms with Crippen molar-refractivity contribution in [2.45, 2.75) is 0 Å². The van der Waals surface area contributed by atoms with E-state index in [9.17, 15) is 0 Å². The van der Waals surface area contributed by atoms with E-state index in [1.54, 1.807) is 0 Å². The van der Waals surface area contributed by atoms with Crippen LogP contribution in [0.3, 0.4) is 0 Å². The normalized spacial score (nSPS) is 10.5. The largest absolute Gasteiger partial charge is 0.708 e. The van der Waals surface area contributed by atoms with Crippen molar-refractivity contribution in [3.8, 4) is 39.8 Å². The fraction of sp³-hybridized carbons (Fsp3) is 0. The first-order valence-corrected chi connectivity index (χ1v) is 8.68. The molecule has 0 saturated carbocycles. The zero-order valence-corrected chi connectivity index (χ0v) is 14.8. The average Bonchev–Trinajstić information content (AvgIpc) is 2.74. The Bertz CT molecular complexity index is 1020. The van der Waals surface area contributed by atoms with Crippen LogP contribution in [0.25, 0.3) is 33.9 Å². The van der Waals surface area contributed by atoms with Crippen molar-refractivity contribution >= 4 is 7.32 Å². The van der Waals surface area contributed by atoms with Crippen LogP contribution in [-0.4, -0.2) is 32.3 Å². The van der Waals surface area contributed by atoms with Gasteiger partial charge in [0.05, 0.1) is 11.4 Å². The van der Waals surface area contributed by atoms with Crippen LogP contribution in [0.5, 0.6) is 5.88 Å². The molecule has 4 aromatic rings. The number of pyridine rings is 1. The van der Waals surface area contributed by atoms with E-state index < -0.39 is 7.32 Å². The van der Waals surface area contributed by atoms with Crippen LogP contribution in [0.2, 0.25) is 0 Å². The quantitative estimate of drug-likeness (QED) is 0.525. The molecule has 0 amide bonds. The number of rotatable bonds is 5. The van der Waals surface area contributed by atoms with Crippen molar-refractivity contribution in [1.82, 2.24) is 15.0 Å². The van der Waals surface area contributed by atoms with Gasteiger partial charge in [-0.2, -0.15) is 4.98 Å². The molecule has 0 unspecified atom stereocenters. The second kappa shape index (κ2) is 8.00. The second-order valence-electron chi connectivity index (χ2n) is 6.02. The summed E-state index contributed by atoms with van der Waals surface area (Å²) in [6, 6.07) is 25.0. The van der Waals surface area contributed by atoms with Gasteiger partial charge in [-0.15, -0.1) is 0 Å². The topological polar surface area (TPSA) is 88.4 Å². The van der Waals surface area contributed by atoms with Crippen LogP contribution in [0, 0.1) is 0 Å². The molecule has 0 spiro atoms. The Morgan fingerprint density at radius 1 is 0.679 bits per heavy atom. The first-order valence-electron chi connectivity index (χ1n) is 8.68. The number of nitrogens with zero attached hydrogens (tertiary/aromatic N) is 3. The van der Waals surface area contributed by atoms with Gasteiger partial charge in [0.25, 0.3) is 0 Å². The summed E-state index contributed by atoms with van der Waals surface area (Å²) in [6.45, 7) is 0. The molecule has 2 N–H and O–H groups in total. The fourth-order valence-corrected chi connectivity index (χ4v) is 2.83. The lowest BCUT2D eigenvalue weighted by atomic mass is 10.0. The summed E-state index contributed by atoms with van der Waals surface area (Å²) in [5.41, 5.74) is 4.26. The van der Waals surface area contributed by atoms with E-state index in [0.29, 0.717) is 5.82 Å². The van der Waals surface area contributed by atoms with Crippen LogP contribution in [0.4, 0.5) is 0 Å². The van der Waals surface area contributed by atoms with Crippen molar-refractivity contribution in [1.29, 1.82) is 0 Å². The second-order valence-corrected chi connectivity index (χ2v) is 6.02. The van der Waals surface area contributed by atoms with Crippen LogP contribution in [0.15, 0.2) is 85.1 Å². The van der Waals surface area contributed by atoms with E-state index in [1.807, 2.05) is 72.8 Å². The lowest BCUT2D eigenvalue weighted by Crippen LogP contribution is -2.21. The van der Waals surface area contributed by atoms with Crippen molar-refractivity contribution in [2.24, 2.45) is 0 Å². The molecule has 0 aliphatic rings. The Balaban J connectivity index is 1.85. The van der Waals surface area contributed by atoms with E-state index in [-0.39, 0.29) is 5.88 Å². The van der Waals surface area contributed by atoms with Gasteiger partial charge in [-0.25, -0.2) is 9.97 Å². The predicted octanol–water partition coefficient (Wildman–Crippen LogP) is 3.22. The van der Waals surface area contributed by atoms with E-state index in [0.717, 1.165) is 28.1 Å². The molecule has 6 nitrogen and oxygen atoms in total. The highest BCUT2D eigenvalue weighted by Gasteiger charge is 2.15. The zero-order chi connectivity index (χ0) is 19.3. The van der Waals surface area contributed by atoms with Gasteiger partial charge in [0.1, 0.15) is 0 Å². The molecule has 28 heavy (non-hydrogen) atoms. The fourth-order valence-electron chi connectivity index (χ4n) is 2.83. The number of hydrogen-bond donors (Lipinski definition) is 2. The summed E-state index contributed by atoms with van der Waals surface area (Å²) in [7, 11) is -1.94. The van der Waals surface area contributed by atoms with Crippen molar-refractivity contribution in [2.75, 3.05) is 0 Å². The average molecular weight is 369 g/mol. The summed E-state index contributed by atoms with van der Waals surface area (Å²) in [4.78, 5) is 13.4. The number of aromatic nitrogens is 3. The zero-order valence-electron chi connectivity index (χ0n) is 14.8. The van der Waals surface area contributed by atoms with Crippen molar-refractivity contribution in [3.63, 3.8) is 0 Å². The molecule has 0 aliphatic heterocycles. The van der Waals surface area contributed by atoms with E-state index in [1.165, 1.54) is 12.3 Å². The predicted molar refractivity (Wildman–Crippen MR) is 107 cm³/mol. The third kappa shape index (κ3) is 4.06. The van der Waals surface area contributed by atoms with Gasteiger partial charge < -0.3 is 14.7 Å². The van der Waals surface area contributed by atoms with Crippen molar-refractivity contribution < 1.29 is 14.7 Å². The third-order valence-electron chi connectivity index (χ3n) is 4.08. The Morgan fingerprint density at radius 3 is 1.79 bits per heavy atom. The molecular formula is C21H16BN3O3. The maximum atomic E-state index is 9.02. The Kier molecular flexibility index (Phi) is 5.10. The van der Waals surface area contributed by atoms with Gasteiger partial charge in [0.15, 0.2) is 5.82 Å². The molecule has 0 radical (unpaired) electrons. The number of benzene rings is 2. The summed E-state index contributed by atoms with van der Waals surface area (Å²) in [5.74, 6) is 0.467. The van der Waals surface area contributed by atoms with Crippen LogP contribution in [0.1, 0.15) is 0 Å². The summed E-state index contributed by atoms with van der Waals surface area (Å²) in [6.07, 6.45) is 1.50. The van der Waals surface area contributed by atoms with Gasteiger partial charge in [-0.3, -0.25) is 0 Å². The lowest BCUT2D eigenvalue weighted by Gasteiger charge is -2.10. The maximum absolute atomic E-state index is 9.02. The van der Waals surface area contributed by atoms with E-state index in [2.05, 4.69) is 9.97 Å². The molecule has 0 atom stereocenters. The standard InChI is InChI=1S/C21H16BN3O3/c26-22(27)28-20-11-12-23-21(25-20)17-13-18(15-7-3-1-4-8-15)24-19(14-17)16-9-5-2-6-10-16/h1-14,26-27H. The van der Waals surface area contributed by atoms with Crippen LogP contribution in [-0.2, 0) is 0 Å². The lowest BCUT2D eigenvalue weighted by molar-refractivity contribution is 0.283. The highest BCUT2D eigenvalue weighted by molar-refractivity contribution is 6.33. The third-order valence-corrected chi connectivity index (χ3v) is 4.08. The van der Waals surface area contributed by atoms with E-state index >= 15 is 0 Å². The smallest absolute Gasteiger partial charge is 0.498 e. The monoisotopic (exact) mass is 369 g/mol. The van der Waals surface area contributed by atoms with Crippen LogP contribution >= 0.6 is 0 Å². The molecule has 0 bridgehead atoms. The Morgan fingerprint density at radius 2 is 1.25 bits per heavy atom. The summed E-state index contributed by atoms with van der Waals surface area (Å²) >= 11 is 0. The molecule has 2 aromatic heterocycles. The van der Waals surface area contributed by atoms with Gasteiger partial charge in [-0.1, -0.05) is 60.7 Å². The van der Waals surface area contributed by atoms with Crippen LogP contribution < -0.4 is 4.65 Å². The minimum atomic E-state index is -1.94. The summed E-state index contributed by atoms with van der Waals surface area (Å²) in [5, 5.41) is 18.0. The van der Waals surface area contributed by atoms with Gasteiger partial charge in [0.2, 0.25) is 5.88 Å². The van der Waals surface area contributed by atoms with Gasteiger partial charge in [0, 0.05) is 29.0 Å². The first-order chi connectivity index (χ1) is 13.7. The minimum Gasteiger partial charge on any atom is -0.498 e. The molecular weight excluding hydrogens is 353 g/mol. The molecule has 7 heteroatoms. The maximum Gasteiger partial charge on any atom is 0.708 e. The molecule has 2 heterocycles. The molecule has 0 aliphatic carbocycles. The number of hydrogen-bond acceptors (Lipinski definition) is 6. The van der Waals surface area contributed by atoms with Crippen molar-refractivity contribution in [3.05, 3.63) is 85.1 Å². The van der Waals surface area contributed by atoms with Gasteiger partial charge >= 0.3 is 7.32 Å². The van der Waals surface area contributed by atoms with Gasteiger partial charge in [-0.05, 0) is 12.1 Å². The minimum absolute atomic E-state index is 0.0688.